The lowest BCUT2D eigenvalue weighted by atomic mass is 10.2. The van der Waals surface area contributed by atoms with Gasteiger partial charge in [0.2, 0.25) is 0 Å². The maximum atomic E-state index is 11.2. The zero-order valence-electron chi connectivity index (χ0n) is 9.14. The smallest absolute Gasteiger partial charge is 0.339 e. The van der Waals surface area contributed by atoms with Crippen molar-refractivity contribution in [2.24, 2.45) is 0 Å². The average molecular weight is 237 g/mol. The molecule has 1 aromatic carbocycles. The fourth-order valence-electron chi connectivity index (χ4n) is 1.41. The first-order valence-electron chi connectivity index (χ1n) is 5.00. The maximum Gasteiger partial charge on any atom is 0.347 e. The zero-order valence-corrected chi connectivity index (χ0v) is 9.14. The van der Waals surface area contributed by atoms with Crippen molar-refractivity contribution in [2.45, 2.75) is 0 Å². The molecule has 0 aliphatic heterocycles. The van der Waals surface area contributed by atoms with Crippen LogP contribution in [-0.2, 0) is 0 Å². The zero-order chi connectivity index (χ0) is 13.0. The van der Waals surface area contributed by atoms with Crippen molar-refractivity contribution in [1.82, 2.24) is 9.97 Å². The van der Waals surface area contributed by atoms with Gasteiger partial charge >= 0.3 is 5.69 Å². The summed E-state index contributed by atoms with van der Waals surface area (Å²) in [5, 5.41) is 20.5. The molecule has 6 nitrogen and oxygen atoms in total. The van der Waals surface area contributed by atoms with Gasteiger partial charge in [0.25, 0.3) is 0 Å². The Morgan fingerprint density at radius 1 is 1.22 bits per heavy atom. The molecule has 2 N–H and O–H groups in total. The molecule has 0 aliphatic rings. The van der Waals surface area contributed by atoms with Gasteiger partial charge in [-0.05, 0) is 12.1 Å². The number of anilines is 2. The maximum absolute atomic E-state index is 11.2. The Bertz CT molecular complexity index is 720. The van der Waals surface area contributed by atoms with Crippen LogP contribution in [0.3, 0.4) is 0 Å². The monoisotopic (exact) mass is 237 g/mol. The Morgan fingerprint density at radius 3 is 2.72 bits per heavy atom. The lowest BCUT2D eigenvalue weighted by Gasteiger charge is -2.06. The van der Waals surface area contributed by atoms with Crippen molar-refractivity contribution < 1.29 is 0 Å². The molecule has 2 rings (SSSR count). The summed E-state index contributed by atoms with van der Waals surface area (Å²) in [6, 6.07) is 12.0. The third-order valence-corrected chi connectivity index (χ3v) is 2.18. The van der Waals surface area contributed by atoms with Crippen LogP contribution in [-0.4, -0.2) is 9.97 Å². The van der Waals surface area contributed by atoms with Gasteiger partial charge in [-0.3, -0.25) is 4.98 Å². The number of hydrogen-bond donors (Lipinski definition) is 2. The van der Waals surface area contributed by atoms with Gasteiger partial charge in [0.05, 0.1) is 11.3 Å². The molecule has 0 atom stereocenters. The third-order valence-electron chi connectivity index (χ3n) is 2.18. The van der Waals surface area contributed by atoms with E-state index in [-0.39, 0.29) is 11.5 Å². The summed E-state index contributed by atoms with van der Waals surface area (Å²) < 4.78 is 0. The van der Waals surface area contributed by atoms with Gasteiger partial charge in [-0.25, -0.2) is 4.79 Å². The van der Waals surface area contributed by atoms with Gasteiger partial charge in [-0.15, -0.1) is 0 Å². The van der Waals surface area contributed by atoms with Crippen LogP contribution in [0.15, 0.2) is 35.1 Å². The minimum absolute atomic E-state index is 0.104. The fraction of sp³-hybridized carbons (Fsp3) is 0. The summed E-state index contributed by atoms with van der Waals surface area (Å²) in [5.74, 6) is 0.220. The first-order valence-corrected chi connectivity index (χ1v) is 5.00. The molecule has 0 bridgehead atoms. The average Bonchev–Trinajstić information content (AvgIpc) is 2.38. The van der Waals surface area contributed by atoms with E-state index in [1.807, 2.05) is 12.1 Å². The Labute approximate surface area is 102 Å². The van der Waals surface area contributed by atoms with Gasteiger partial charge in [0.15, 0.2) is 0 Å². The van der Waals surface area contributed by atoms with E-state index in [1.165, 1.54) is 6.07 Å². The molecular formula is C12H7N5O. The van der Waals surface area contributed by atoms with Crippen LogP contribution in [0, 0.1) is 22.7 Å². The molecule has 0 amide bonds. The molecule has 0 aliphatic carbocycles. The lowest BCUT2D eigenvalue weighted by molar-refractivity contribution is 1.06. The highest BCUT2D eigenvalue weighted by Gasteiger charge is 2.04. The van der Waals surface area contributed by atoms with E-state index in [0.29, 0.717) is 11.3 Å². The molecule has 6 heteroatoms. The second-order valence-corrected chi connectivity index (χ2v) is 3.38. The Hall–Kier alpha value is -3.12. The number of nitriles is 2. The van der Waals surface area contributed by atoms with E-state index in [9.17, 15) is 4.79 Å². The molecule has 2 aromatic rings. The van der Waals surface area contributed by atoms with E-state index < -0.39 is 5.69 Å². The number of nitrogens with one attached hydrogen (secondary N) is 2. The molecule has 0 saturated carbocycles. The molecule has 0 radical (unpaired) electrons. The van der Waals surface area contributed by atoms with E-state index in [1.54, 1.807) is 24.3 Å². The van der Waals surface area contributed by atoms with Crippen LogP contribution in [0.1, 0.15) is 11.3 Å². The predicted molar refractivity (Wildman–Crippen MR) is 64.0 cm³/mol. The third kappa shape index (κ3) is 2.34. The first-order chi connectivity index (χ1) is 8.72. The second kappa shape index (κ2) is 4.81. The van der Waals surface area contributed by atoms with E-state index in [2.05, 4.69) is 15.3 Å². The molecule has 1 aromatic heterocycles. The largest absolute Gasteiger partial charge is 0.347 e. The van der Waals surface area contributed by atoms with Crippen LogP contribution >= 0.6 is 0 Å². The summed E-state index contributed by atoms with van der Waals surface area (Å²) >= 11 is 0. The summed E-state index contributed by atoms with van der Waals surface area (Å²) in [5.41, 5.74) is 0.443. The number of rotatable bonds is 2. The van der Waals surface area contributed by atoms with Crippen LogP contribution in [0.2, 0.25) is 0 Å². The van der Waals surface area contributed by atoms with Crippen molar-refractivity contribution >= 4 is 11.5 Å². The van der Waals surface area contributed by atoms with Crippen LogP contribution < -0.4 is 11.0 Å². The van der Waals surface area contributed by atoms with E-state index in [4.69, 9.17) is 10.5 Å². The van der Waals surface area contributed by atoms with Gasteiger partial charge in [-0.2, -0.15) is 15.5 Å². The van der Waals surface area contributed by atoms with Gasteiger partial charge in [0.1, 0.15) is 23.7 Å². The van der Waals surface area contributed by atoms with Crippen LogP contribution in [0.25, 0.3) is 0 Å². The van der Waals surface area contributed by atoms with Gasteiger partial charge < -0.3 is 5.32 Å². The predicted octanol–water partition coefficient (Wildman–Crippen LogP) is 1.26. The number of para-hydroxylation sites is 1. The summed E-state index contributed by atoms with van der Waals surface area (Å²) in [7, 11) is 0. The van der Waals surface area contributed by atoms with Crippen LogP contribution in [0.4, 0.5) is 11.5 Å². The Kier molecular flexibility index (Phi) is 3.04. The number of aromatic amines is 1. The number of hydrogen-bond acceptors (Lipinski definition) is 5. The highest BCUT2D eigenvalue weighted by Crippen LogP contribution is 2.17. The Balaban J connectivity index is 2.41. The number of benzene rings is 1. The molecule has 0 unspecified atom stereocenters. The van der Waals surface area contributed by atoms with E-state index >= 15 is 0 Å². The quantitative estimate of drug-likeness (QED) is 0.817. The molecule has 86 valence electrons. The number of aromatic nitrogens is 2. The lowest BCUT2D eigenvalue weighted by Crippen LogP contribution is -2.13. The summed E-state index contributed by atoms with van der Waals surface area (Å²) in [6.07, 6.45) is 0. The first kappa shape index (κ1) is 11.4. The molecule has 1 heterocycles. The van der Waals surface area contributed by atoms with Crippen LogP contribution in [0.5, 0.6) is 0 Å². The Morgan fingerprint density at radius 2 is 2.00 bits per heavy atom. The minimum atomic E-state index is -0.619. The van der Waals surface area contributed by atoms with Crippen molar-refractivity contribution in [1.29, 1.82) is 10.5 Å². The number of H-pyrrole nitrogens is 1. The molecule has 0 fully saturated rings. The molecule has 0 spiro atoms. The minimum Gasteiger partial charge on any atom is -0.339 e. The van der Waals surface area contributed by atoms with E-state index in [0.717, 1.165) is 0 Å². The SMILES string of the molecule is N#Cc1cc(Nc2ccccc2C#N)nc(=O)[nH]1. The standard InChI is InChI=1S/C12H7N5O/c13-6-8-3-1-2-4-10(8)16-11-5-9(7-14)15-12(18)17-11/h1-5H,(H2,15,16,17,18). The van der Waals surface area contributed by atoms with Gasteiger partial charge in [0, 0.05) is 6.07 Å². The topological polar surface area (TPSA) is 105 Å². The number of nitrogens with zero attached hydrogens (tertiary/aromatic N) is 3. The van der Waals surface area contributed by atoms with Crippen molar-refractivity contribution in [3.8, 4) is 12.1 Å². The second-order valence-electron chi connectivity index (χ2n) is 3.38. The van der Waals surface area contributed by atoms with Crippen molar-refractivity contribution in [3.05, 3.63) is 52.1 Å². The normalized spacial score (nSPS) is 9.22. The highest BCUT2D eigenvalue weighted by atomic mass is 16.1. The molecular weight excluding hydrogens is 230 g/mol. The summed E-state index contributed by atoms with van der Waals surface area (Å²) in [4.78, 5) is 17.1. The van der Waals surface area contributed by atoms with Crippen molar-refractivity contribution in [2.75, 3.05) is 5.32 Å². The van der Waals surface area contributed by atoms with Gasteiger partial charge in [-0.1, -0.05) is 12.1 Å². The highest BCUT2D eigenvalue weighted by molar-refractivity contribution is 5.64. The molecule has 0 saturated heterocycles. The van der Waals surface area contributed by atoms with Crippen molar-refractivity contribution in [3.63, 3.8) is 0 Å². The summed E-state index contributed by atoms with van der Waals surface area (Å²) in [6.45, 7) is 0. The fourth-order valence-corrected chi connectivity index (χ4v) is 1.41. The molecule has 18 heavy (non-hydrogen) atoms.